The summed E-state index contributed by atoms with van der Waals surface area (Å²) in [6.07, 6.45) is -0.792. The molecule has 1 amide bonds. The second-order valence-corrected chi connectivity index (χ2v) is 14.1. The van der Waals surface area contributed by atoms with Crippen molar-refractivity contribution in [3.05, 3.63) is 83.4 Å². The van der Waals surface area contributed by atoms with Gasteiger partial charge in [0.1, 0.15) is 6.10 Å². The van der Waals surface area contributed by atoms with Gasteiger partial charge in [-0.05, 0) is 55.5 Å². The van der Waals surface area contributed by atoms with E-state index < -0.39 is 44.0 Å². The third-order valence-corrected chi connectivity index (χ3v) is 10.4. The first-order chi connectivity index (χ1) is 19.3. The molecule has 13 heteroatoms. The quantitative estimate of drug-likeness (QED) is 0.372. The number of amides is 1. The predicted octanol–water partition coefficient (Wildman–Crippen LogP) is 3.68. The van der Waals surface area contributed by atoms with Gasteiger partial charge in [0.05, 0.1) is 40.2 Å². The zero-order valence-corrected chi connectivity index (χ0v) is 25.2. The summed E-state index contributed by atoms with van der Waals surface area (Å²) in [6.45, 7) is 3.28. The minimum Gasteiger partial charge on any atom is -0.486 e. The number of carbonyl (C=O) groups excluding carboxylic acids is 1. The molecule has 0 unspecified atom stereocenters. The van der Waals surface area contributed by atoms with E-state index in [2.05, 4.69) is 4.72 Å². The Hall–Kier alpha value is -3.16. The number of likely N-dealkylation sites (N-methyl/N-ethyl adjacent to an activating group) is 1. The Morgan fingerprint density at radius 2 is 1.68 bits per heavy atom. The lowest BCUT2D eigenvalue weighted by atomic mass is 9.99. The zero-order chi connectivity index (χ0) is 29.9. The number of fused-ring (bicyclic) bond motifs is 1. The number of sulfonamides is 2. The molecule has 0 aliphatic carbocycles. The Morgan fingerprint density at radius 1 is 1.02 bits per heavy atom. The summed E-state index contributed by atoms with van der Waals surface area (Å²) < 4.78 is 63.1. The molecule has 3 atom stereocenters. The molecule has 4 rings (SSSR count). The molecule has 0 spiro atoms. The topological polar surface area (TPSA) is 133 Å². The molecule has 0 radical (unpaired) electrons. The highest BCUT2D eigenvalue weighted by Gasteiger charge is 2.36. The number of carbonyl (C=O) groups is 1. The van der Waals surface area contributed by atoms with Gasteiger partial charge in [0.2, 0.25) is 10.0 Å². The van der Waals surface area contributed by atoms with Gasteiger partial charge < -0.3 is 14.7 Å². The first-order valence-corrected chi connectivity index (χ1v) is 16.2. The smallest absolute Gasteiger partial charge is 0.262 e. The van der Waals surface area contributed by atoms with Crippen molar-refractivity contribution in [2.24, 2.45) is 5.92 Å². The van der Waals surface area contributed by atoms with E-state index in [0.29, 0.717) is 5.02 Å². The predicted molar refractivity (Wildman–Crippen MR) is 156 cm³/mol. The fourth-order valence-electron chi connectivity index (χ4n) is 4.48. The largest absolute Gasteiger partial charge is 0.486 e. The molecule has 0 bridgehead atoms. The third kappa shape index (κ3) is 6.68. The van der Waals surface area contributed by atoms with Gasteiger partial charge in [-0.2, -0.15) is 4.31 Å². The highest BCUT2D eigenvalue weighted by molar-refractivity contribution is 7.92. The van der Waals surface area contributed by atoms with Crippen LogP contribution < -0.4 is 9.46 Å². The SMILES string of the molecule is C[C@H]1CN([C@@H](C)CO)C(=O)c2cccc(NS(=O)(=O)c3ccc(Cl)cc3)c2O[C@H]1CN(C)S(=O)(=O)c1ccccc1. The number of nitrogens with zero attached hydrogens (tertiary/aromatic N) is 2. The van der Waals surface area contributed by atoms with E-state index in [4.69, 9.17) is 16.3 Å². The number of aliphatic hydroxyl groups is 1. The van der Waals surface area contributed by atoms with E-state index in [-0.39, 0.29) is 46.5 Å². The van der Waals surface area contributed by atoms with Crippen LogP contribution in [0.15, 0.2) is 82.6 Å². The third-order valence-electron chi connectivity index (χ3n) is 6.95. The summed E-state index contributed by atoms with van der Waals surface area (Å²) in [5.41, 5.74) is 0.0853. The van der Waals surface area contributed by atoms with Crippen molar-refractivity contribution < 1.29 is 31.5 Å². The number of rotatable bonds is 9. The van der Waals surface area contributed by atoms with Crippen LogP contribution in [0.3, 0.4) is 0 Å². The molecule has 0 fully saturated rings. The number of nitrogens with one attached hydrogen (secondary N) is 1. The lowest BCUT2D eigenvalue weighted by Crippen LogP contribution is -2.50. The summed E-state index contributed by atoms with van der Waals surface area (Å²) in [5, 5.41) is 10.3. The van der Waals surface area contributed by atoms with Gasteiger partial charge in [0.15, 0.2) is 5.75 Å². The van der Waals surface area contributed by atoms with Crippen molar-refractivity contribution in [1.29, 1.82) is 0 Å². The maximum atomic E-state index is 13.7. The summed E-state index contributed by atoms with van der Waals surface area (Å²) in [7, 11) is -6.55. The molecule has 3 aromatic carbocycles. The van der Waals surface area contributed by atoms with E-state index in [9.17, 15) is 26.7 Å². The molecule has 41 heavy (non-hydrogen) atoms. The standard InChI is InChI=1S/C28H32ClN3O7S2/c1-19-16-32(20(2)18-33)28(34)24-10-7-11-25(30-40(35,36)22-14-12-21(29)13-15-22)27(24)39-26(19)17-31(3)41(37,38)23-8-5-4-6-9-23/h4-15,19-20,26,30,33H,16-18H2,1-3H3/t19-,20-,26-/m0/s1. The second-order valence-electron chi connectivity index (χ2n) is 9.96. The maximum absolute atomic E-state index is 13.7. The molecule has 220 valence electrons. The van der Waals surface area contributed by atoms with Gasteiger partial charge in [-0.25, -0.2) is 16.8 Å². The van der Waals surface area contributed by atoms with Crippen molar-refractivity contribution in [2.45, 2.75) is 35.8 Å². The average Bonchev–Trinajstić information content (AvgIpc) is 2.95. The molecule has 2 N–H and O–H groups in total. The Kier molecular flexibility index (Phi) is 9.29. The van der Waals surface area contributed by atoms with Gasteiger partial charge in [-0.15, -0.1) is 0 Å². The minimum atomic E-state index is -4.11. The summed E-state index contributed by atoms with van der Waals surface area (Å²) >= 11 is 5.92. The molecule has 0 saturated heterocycles. The average molecular weight is 622 g/mol. The molecule has 0 aromatic heterocycles. The number of hydrogen-bond donors (Lipinski definition) is 2. The van der Waals surface area contributed by atoms with Crippen molar-refractivity contribution in [3.8, 4) is 5.75 Å². The van der Waals surface area contributed by atoms with Crippen molar-refractivity contribution in [1.82, 2.24) is 9.21 Å². The zero-order valence-electron chi connectivity index (χ0n) is 22.8. The lowest BCUT2D eigenvalue weighted by molar-refractivity contribution is 0.0389. The van der Waals surface area contributed by atoms with E-state index in [1.165, 1.54) is 70.9 Å². The number of anilines is 1. The molecule has 1 aliphatic rings. The first-order valence-electron chi connectivity index (χ1n) is 12.9. The van der Waals surface area contributed by atoms with E-state index >= 15 is 0 Å². The molecule has 3 aromatic rings. The normalized spacial score (nSPS) is 18.7. The van der Waals surface area contributed by atoms with Crippen molar-refractivity contribution in [3.63, 3.8) is 0 Å². The van der Waals surface area contributed by atoms with Crippen LogP contribution in [0.4, 0.5) is 5.69 Å². The van der Waals surface area contributed by atoms with Crippen molar-refractivity contribution >= 4 is 43.2 Å². The van der Waals surface area contributed by atoms with Gasteiger partial charge in [-0.1, -0.05) is 42.8 Å². The Bertz CT molecular complexity index is 1600. The lowest BCUT2D eigenvalue weighted by Gasteiger charge is -2.38. The van der Waals surface area contributed by atoms with E-state index in [1.54, 1.807) is 25.1 Å². The van der Waals surface area contributed by atoms with Crippen LogP contribution in [0, 0.1) is 5.92 Å². The van der Waals surface area contributed by atoms with Crippen LogP contribution in [-0.2, 0) is 20.0 Å². The number of hydrogen-bond acceptors (Lipinski definition) is 7. The fourth-order valence-corrected chi connectivity index (χ4v) is 6.88. The monoisotopic (exact) mass is 621 g/mol. The molecular weight excluding hydrogens is 590 g/mol. The van der Waals surface area contributed by atoms with Crippen molar-refractivity contribution in [2.75, 3.05) is 31.5 Å². The highest BCUT2D eigenvalue weighted by atomic mass is 35.5. The Balaban J connectivity index is 1.76. The van der Waals surface area contributed by atoms with E-state index in [0.717, 1.165) is 0 Å². The summed E-state index contributed by atoms with van der Waals surface area (Å²) in [4.78, 5) is 15.2. The van der Waals surface area contributed by atoms with Crippen LogP contribution in [0.2, 0.25) is 5.02 Å². The van der Waals surface area contributed by atoms with Gasteiger partial charge in [0.25, 0.3) is 15.9 Å². The molecular formula is C28H32ClN3O7S2. The number of ether oxygens (including phenoxy) is 1. The fraction of sp³-hybridized carbons (Fsp3) is 0.321. The molecule has 10 nitrogen and oxygen atoms in total. The van der Waals surface area contributed by atoms with Crippen LogP contribution in [0.5, 0.6) is 5.75 Å². The van der Waals surface area contributed by atoms with E-state index in [1.807, 2.05) is 6.92 Å². The van der Waals surface area contributed by atoms with Gasteiger partial charge in [0, 0.05) is 24.5 Å². The molecule has 1 heterocycles. The number of para-hydroxylation sites is 1. The van der Waals surface area contributed by atoms with Crippen LogP contribution in [0.1, 0.15) is 24.2 Å². The van der Waals surface area contributed by atoms with Crippen LogP contribution in [0.25, 0.3) is 0 Å². The van der Waals surface area contributed by atoms with Crippen LogP contribution in [-0.4, -0.2) is 75.9 Å². The maximum Gasteiger partial charge on any atom is 0.262 e. The Labute approximate surface area is 245 Å². The number of aliphatic hydroxyl groups excluding tert-OH is 1. The van der Waals surface area contributed by atoms with Gasteiger partial charge in [-0.3, -0.25) is 9.52 Å². The van der Waals surface area contributed by atoms with Crippen LogP contribution >= 0.6 is 11.6 Å². The minimum absolute atomic E-state index is 0.00933. The molecule has 1 aliphatic heterocycles. The summed E-state index contributed by atoms with van der Waals surface area (Å²) in [5.74, 6) is -0.896. The van der Waals surface area contributed by atoms with Gasteiger partial charge >= 0.3 is 0 Å². The summed E-state index contributed by atoms with van der Waals surface area (Å²) in [6, 6.07) is 17.5. The first kappa shape index (κ1) is 30.8. The number of halogens is 1. The highest BCUT2D eigenvalue weighted by Crippen LogP contribution is 2.36. The second kappa shape index (κ2) is 12.4. The molecule has 0 saturated carbocycles. The number of benzene rings is 3. The Morgan fingerprint density at radius 3 is 2.32 bits per heavy atom.